The Kier molecular flexibility index (Phi) is 5.26. The number of nitrogen functional groups attached to an aromatic ring is 1. The summed E-state index contributed by atoms with van der Waals surface area (Å²) < 4.78 is 66.6. The zero-order chi connectivity index (χ0) is 21.6. The number of para-hydroxylation sites is 1. The summed E-state index contributed by atoms with van der Waals surface area (Å²) in [4.78, 5) is -0.627. The summed E-state index contributed by atoms with van der Waals surface area (Å²) in [5, 5.41) is 0. The molecule has 0 atom stereocenters. The van der Waals surface area contributed by atoms with E-state index < -0.39 is 20.2 Å². The molecule has 0 radical (unpaired) electrons. The Morgan fingerprint density at radius 2 is 1.03 bits per heavy atom. The topological polar surface area (TPSA) is 135 Å². The van der Waals surface area contributed by atoms with E-state index in [9.17, 15) is 25.9 Å². The van der Waals surface area contributed by atoms with Gasteiger partial charge in [-0.2, -0.15) is 16.8 Å². The van der Waals surface area contributed by atoms with Gasteiger partial charge in [0.1, 0.15) is 9.79 Å². The lowest BCUT2D eigenvalue weighted by molar-refractivity contribution is 0.481. The van der Waals surface area contributed by atoms with E-state index in [2.05, 4.69) is 0 Å². The van der Waals surface area contributed by atoms with Crippen molar-refractivity contribution in [1.29, 1.82) is 0 Å². The fourth-order valence-electron chi connectivity index (χ4n) is 3.19. The quantitative estimate of drug-likeness (QED) is 0.421. The van der Waals surface area contributed by atoms with Crippen LogP contribution in [-0.4, -0.2) is 25.9 Å². The molecule has 0 aromatic heterocycles. The molecule has 0 amide bonds. The van der Waals surface area contributed by atoms with E-state index in [0.717, 1.165) is 11.1 Å². The monoisotopic (exact) mass is 433 g/mol. The molecule has 3 aromatic carbocycles. The van der Waals surface area contributed by atoms with Crippen molar-refractivity contribution in [1.82, 2.24) is 0 Å². The third-order valence-electron chi connectivity index (χ3n) is 4.51. The highest BCUT2D eigenvalue weighted by Crippen LogP contribution is 2.40. The van der Waals surface area contributed by atoms with Crippen LogP contribution in [0.3, 0.4) is 0 Å². The summed E-state index contributed by atoms with van der Waals surface area (Å²) in [5.74, 6) is 0. The maximum Gasteiger partial charge on any atom is 0.295 e. The highest BCUT2D eigenvalue weighted by atomic mass is 32.2. The second-order valence-electron chi connectivity index (χ2n) is 6.72. The van der Waals surface area contributed by atoms with Crippen LogP contribution < -0.4 is 5.73 Å². The minimum absolute atomic E-state index is 0.110. The van der Waals surface area contributed by atoms with E-state index in [4.69, 9.17) is 5.73 Å². The molecule has 4 N–H and O–H groups in total. The van der Waals surface area contributed by atoms with Crippen LogP contribution in [0.15, 0.2) is 64.4 Å². The molecule has 0 unspecified atom stereocenters. The molecule has 0 aliphatic carbocycles. The molecule has 0 spiro atoms. The average Bonchev–Trinajstić information content (AvgIpc) is 2.59. The number of benzene rings is 3. The van der Waals surface area contributed by atoms with E-state index in [1.54, 1.807) is 56.3 Å². The molecule has 0 saturated heterocycles. The molecule has 0 saturated carbocycles. The van der Waals surface area contributed by atoms with E-state index in [1.807, 2.05) is 0 Å². The van der Waals surface area contributed by atoms with Gasteiger partial charge >= 0.3 is 0 Å². The van der Waals surface area contributed by atoms with Crippen molar-refractivity contribution >= 4 is 25.9 Å². The van der Waals surface area contributed by atoms with Crippen LogP contribution in [0.2, 0.25) is 0 Å². The summed E-state index contributed by atoms with van der Waals surface area (Å²) in [6.07, 6.45) is 0. The normalized spacial score (nSPS) is 12.1. The summed E-state index contributed by atoms with van der Waals surface area (Å²) in [6, 6.07) is 13.5. The van der Waals surface area contributed by atoms with Crippen LogP contribution >= 0.6 is 0 Å². The van der Waals surface area contributed by atoms with E-state index in [1.165, 1.54) is 12.1 Å². The molecule has 0 fully saturated rings. The van der Waals surface area contributed by atoms with Gasteiger partial charge in [0.05, 0.1) is 0 Å². The second kappa shape index (κ2) is 7.27. The first-order valence-electron chi connectivity index (χ1n) is 8.45. The lowest BCUT2D eigenvalue weighted by atomic mass is 9.95. The highest BCUT2D eigenvalue weighted by molar-refractivity contribution is 7.86. The molecule has 0 bridgehead atoms. The summed E-state index contributed by atoms with van der Waals surface area (Å²) in [6.45, 7) is 3.52. The Hall–Kier alpha value is -2.72. The average molecular weight is 434 g/mol. The predicted molar refractivity (Wildman–Crippen MR) is 111 cm³/mol. The Labute approximate surface area is 169 Å². The number of rotatable bonds is 4. The van der Waals surface area contributed by atoms with Crippen LogP contribution in [0.25, 0.3) is 22.3 Å². The molecular weight excluding hydrogens is 414 g/mol. The molecule has 0 aliphatic heterocycles. The van der Waals surface area contributed by atoms with Gasteiger partial charge in [-0.1, -0.05) is 41.5 Å². The standard InChI is InChI=1S/C20H19NO6S2/c1-12-6-8-18(28(22,23)24)16(10-12)14-4-3-5-15(20(14)21)17-11-13(2)7-9-19(17)29(25,26)27/h3-11H,21H2,1-2H3,(H,22,23,24)(H,25,26,27). The van der Waals surface area contributed by atoms with Crippen molar-refractivity contribution in [2.75, 3.05) is 5.73 Å². The van der Waals surface area contributed by atoms with Crippen molar-refractivity contribution < 1.29 is 25.9 Å². The minimum atomic E-state index is -4.52. The fourth-order valence-corrected chi connectivity index (χ4v) is 4.57. The van der Waals surface area contributed by atoms with E-state index in [-0.39, 0.29) is 26.6 Å². The maximum atomic E-state index is 11.8. The first-order valence-corrected chi connectivity index (χ1v) is 11.3. The molecule has 3 rings (SSSR count). The van der Waals surface area contributed by atoms with Gasteiger partial charge in [0.25, 0.3) is 20.2 Å². The highest BCUT2D eigenvalue weighted by Gasteiger charge is 2.22. The van der Waals surface area contributed by atoms with Crippen LogP contribution in [0.4, 0.5) is 5.69 Å². The first kappa shape index (κ1) is 21.0. The Morgan fingerprint density at radius 3 is 1.38 bits per heavy atom. The van der Waals surface area contributed by atoms with Crippen LogP contribution in [0, 0.1) is 13.8 Å². The second-order valence-corrected chi connectivity index (χ2v) is 9.50. The number of nitrogens with two attached hydrogens (primary N) is 1. The minimum Gasteiger partial charge on any atom is -0.398 e. The molecule has 0 heterocycles. The van der Waals surface area contributed by atoms with Gasteiger partial charge in [-0.3, -0.25) is 9.11 Å². The van der Waals surface area contributed by atoms with Crippen molar-refractivity contribution in [2.45, 2.75) is 23.6 Å². The third kappa shape index (κ3) is 4.18. The van der Waals surface area contributed by atoms with Gasteiger partial charge in [-0.05, 0) is 38.1 Å². The molecule has 0 aliphatic rings. The van der Waals surface area contributed by atoms with Gasteiger partial charge in [-0.25, -0.2) is 0 Å². The van der Waals surface area contributed by atoms with Gasteiger partial charge in [-0.15, -0.1) is 0 Å². The van der Waals surface area contributed by atoms with Gasteiger partial charge in [0.2, 0.25) is 0 Å². The SMILES string of the molecule is Cc1ccc(S(=O)(=O)O)c(-c2cccc(-c3cc(C)ccc3S(=O)(=O)O)c2N)c1. The Balaban J connectivity index is 2.37. The van der Waals surface area contributed by atoms with Crippen LogP contribution in [0.5, 0.6) is 0 Å². The zero-order valence-electron chi connectivity index (χ0n) is 15.6. The molecule has 29 heavy (non-hydrogen) atoms. The molecular formula is C20H19NO6S2. The van der Waals surface area contributed by atoms with Crippen LogP contribution in [-0.2, 0) is 20.2 Å². The van der Waals surface area contributed by atoms with E-state index >= 15 is 0 Å². The number of anilines is 1. The summed E-state index contributed by atoms with van der Waals surface area (Å²) >= 11 is 0. The molecule has 9 heteroatoms. The van der Waals surface area contributed by atoms with Gasteiger partial charge in [0, 0.05) is 27.9 Å². The van der Waals surface area contributed by atoms with Crippen molar-refractivity contribution in [3.63, 3.8) is 0 Å². The van der Waals surface area contributed by atoms with Crippen molar-refractivity contribution in [2.24, 2.45) is 0 Å². The molecule has 152 valence electrons. The smallest absolute Gasteiger partial charge is 0.295 e. The summed E-state index contributed by atoms with van der Waals surface area (Å²) in [7, 11) is -9.04. The number of hydrogen-bond donors (Lipinski definition) is 3. The third-order valence-corrected chi connectivity index (χ3v) is 6.34. The largest absolute Gasteiger partial charge is 0.398 e. The number of hydrogen-bond acceptors (Lipinski definition) is 5. The van der Waals surface area contributed by atoms with E-state index in [0.29, 0.717) is 11.1 Å². The van der Waals surface area contributed by atoms with Crippen molar-refractivity contribution in [3.05, 3.63) is 65.7 Å². The number of aryl methyl sites for hydroxylation is 2. The first-order chi connectivity index (χ1) is 13.4. The lowest BCUT2D eigenvalue weighted by Gasteiger charge is -2.16. The van der Waals surface area contributed by atoms with Gasteiger partial charge in [0.15, 0.2) is 0 Å². The maximum absolute atomic E-state index is 11.8. The summed E-state index contributed by atoms with van der Waals surface area (Å²) in [5.41, 5.74) is 8.90. The van der Waals surface area contributed by atoms with Crippen LogP contribution in [0.1, 0.15) is 11.1 Å². The zero-order valence-corrected chi connectivity index (χ0v) is 17.3. The van der Waals surface area contributed by atoms with Gasteiger partial charge < -0.3 is 5.73 Å². The Morgan fingerprint density at radius 1 is 0.655 bits per heavy atom. The Bertz CT molecular complexity index is 1230. The molecule has 3 aromatic rings. The lowest BCUT2D eigenvalue weighted by Crippen LogP contribution is -2.05. The fraction of sp³-hybridized carbons (Fsp3) is 0.100. The van der Waals surface area contributed by atoms with Crippen molar-refractivity contribution in [3.8, 4) is 22.3 Å². The predicted octanol–water partition coefficient (Wildman–Crippen LogP) is 3.71. The molecule has 7 nitrogen and oxygen atoms in total.